The minimum atomic E-state index is 0.590. The largest absolute Gasteiger partial charge is 0.493 e. The van der Waals surface area contributed by atoms with E-state index in [0.717, 1.165) is 50.0 Å². The van der Waals surface area contributed by atoms with Crippen LogP contribution in [0.2, 0.25) is 0 Å². The SMILES string of the molecule is CCOCCCCNC(=NC)Nc1ccc(OC)c(OCC)c1. The van der Waals surface area contributed by atoms with Gasteiger partial charge in [-0.05, 0) is 38.8 Å². The number of aliphatic imine (C=N–C) groups is 1. The van der Waals surface area contributed by atoms with Crippen molar-refractivity contribution in [1.29, 1.82) is 0 Å². The van der Waals surface area contributed by atoms with E-state index in [9.17, 15) is 0 Å². The Labute approximate surface area is 139 Å². The molecule has 0 heterocycles. The molecule has 0 atom stereocenters. The summed E-state index contributed by atoms with van der Waals surface area (Å²) in [5, 5.41) is 6.54. The average molecular weight is 323 g/mol. The molecule has 0 unspecified atom stereocenters. The van der Waals surface area contributed by atoms with Gasteiger partial charge in [0.15, 0.2) is 17.5 Å². The molecule has 0 bridgehead atoms. The minimum Gasteiger partial charge on any atom is -0.493 e. The lowest BCUT2D eigenvalue weighted by Crippen LogP contribution is -2.31. The van der Waals surface area contributed by atoms with Gasteiger partial charge in [-0.1, -0.05) is 0 Å². The van der Waals surface area contributed by atoms with Gasteiger partial charge >= 0.3 is 0 Å². The van der Waals surface area contributed by atoms with E-state index in [1.807, 2.05) is 32.0 Å². The molecule has 0 saturated carbocycles. The number of rotatable bonds is 10. The zero-order chi connectivity index (χ0) is 16.9. The summed E-state index contributed by atoms with van der Waals surface area (Å²) in [6, 6.07) is 5.72. The van der Waals surface area contributed by atoms with Crippen molar-refractivity contribution < 1.29 is 14.2 Å². The van der Waals surface area contributed by atoms with Gasteiger partial charge in [-0.15, -0.1) is 0 Å². The molecule has 1 aromatic carbocycles. The highest BCUT2D eigenvalue weighted by molar-refractivity contribution is 5.93. The van der Waals surface area contributed by atoms with Crippen molar-refractivity contribution in [3.8, 4) is 11.5 Å². The monoisotopic (exact) mass is 323 g/mol. The molecule has 0 aliphatic carbocycles. The van der Waals surface area contributed by atoms with Crippen molar-refractivity contribution in [3.05, 3.63) is 18.2 Å². The molecule has 0 fully saturated rings. The van der Waals surface area contributed by atoms with Crippen molar-refractivity contribution in [1.82, 2.24) is 5.32 Å². The number of methoxy groups -OCH3 is 1. The van der Waals surface area contributed by atoms with Gasteiger partial charge in [0.25, 0.3) is 0 Å². The molecule has 6 heteroatoms. The lowest BCUT2D eigenvalue weighted by molar-refractivity contribution is 0.143. The molecule has 1 aromatic rings. The van der Waals surface area contributed by atoms with E-state index >= 15 is 0 Å². The van der Waals surface area contributed by atoms with E-state index < -0.39 is 0 Å². The first kappa shape index (κ1) is 19.1. The number of benzene rings is 1. The Morgan fingerprint density at radius 3 is 2.61 bits per heavy atom. The van der Waals surface area contributed by atoms with Crippen molar-refractivity contribution >= 4 is 11.6 Å². The van der Waals surface area contributed by atoms with Gasteiger partial charge < -0.3 is 24.8 Å². The molecule has 0 amide bonds. The van der Waals surface area contributed by atoms with E-state index in [-0.39, 0.29) is 0 Å². The maximum atomic E-state index is 5.58. The second kappa shape index (κ2) is 11.6. The second-order valence-corrected chi connectivity index (χ2v) is 4.83. The van der Waals surface area contributed by atoms with Crippen molar-refractivity contribution in [3.63, 3.8) is 0 Å². The third kappa shape index (κ3) is 7.23. The molecular weight excluding hydrogens is 294 g/mol. The number of nitrogens with zero attached hydrogens (tertiary/aromatic N) is 1. The van der Waals surface area contributed by atoms with Gasteiger partial charge in [0, 0.05) is 38.6 Å². The fourth-order valence-electron chi connectivity index (χ4n) is 2.02. The number of ether oxygens (including phenoxy) is 3. The number of guanidine groups is 1. The Kier molecular flexibility index (Phi) is 9.63. The number of hydrogen-bond donors (Lipinski definition) is 2. The highest BCUT2D eigenvalue weighted by Gasteiger charge is 2.06. The summed E-state index contributed by atoms with van der Waals surface area (Å²) >= 11 is 0. The highest BCUT2D eigenvalue weighted by Crippen LogP contribution is 2.30. The molecule has 0 radical (unpaired) electrons. The maximum Gasteiger partial charge on any atom is 0.195 e. The topological polar surface area (TPSA) is 64.1 Å². The predicted molar refractivity (Wildman–Crippen MR) is 94.9 cm³/mol. The van der Waals surface area contributed by atoms with Crippen molar-refractivity contribution in [2.75, 3.05) is 45.8 Å². The molecule has 0 saturated heterocycles. The summed E-state index contributed by atoms with van der Waals surface area (Å²) < 4.78 is 16.2. The van der Waals surface area contributed by atoms with Crippen LogP contribution in [0.25, 0.3) is 0 Å². The summed E-state index contributed by atoms with van der Waals surface area (Å²) in [7, 11) is 3.39. The van der Waals surface area contributed by atoms with Crippen LogP contribution < -0.4 is 20.1 Å². The van der Waals surface area contributed by atoms with Crippen LogP contribution in [0, 0.1) is 0 Å². The van der Waals surface area contributed by atoms with E-state index in [1.165, 1.54) is 0 Å². The molecule has 0 aliphatic heterocycles. The second-order valence-electron chi connectivity index (χ2n) is 4.83. The van der Waals surface area contributed by atoms with Crippen LogP contribution in [0.3, 0.4) is 0 Å². The Bertz CT molecular complexity index is 478. The van der Waals surface area contributed by atoms with E-state index in [4.69, 9.17) is 14.2 Å². The van der Waals surface area contributed by atoms with Crippen molar-refractivity contribution in [2.24, 2.45) is 4.99 Å². The van der Waals surface area contributed by atoms with Crippen LogP contribution in [0.4, 0.5) is 5.69 Å². The Morgan fingerprint density at radius 2 is 1.96 bits per heavy atom. The normalized spacial score (nSPS) is 11.2. The molecule has 0 aromatic heterocycles. The summed E-state index contributed by atoms with van der Waals surface area (Å²) in [6.07, 6.45) is 2.07. The first-order chi connectivity index (χ1) is 11.2. The van der Waals surface area contributed by atoms with E-state index in [0.29, 0.717) is 12.4 Å². The van der Waals surface area contributed by atoms with Crippen LogP contribution in [0.1, 0.15) is 26.7 Å². The lowest BCUT2D eigenvalue weighted by Gasteiger charge is -2.14. The molecule has 23 heavy (non-hydrogen) atoms. The van der Waals surface area contributed by atoms with Crippen LogP contribution in [-0.4, -0.2) is 46.5 Å². The zero-order valence-corrected chi connectivity index (χ0v) is 14.6. The first-order valence-electron chi connectivity index (χ1n) is 8.11. The fourth-order valence-corrected chi connectivity index (χ4v) is 2.02. The van der Waals surface area contributed by atoms with Crippen LogP contribution in [0.5, 0.6) is 11.5 Å². The smallest absolute Gasteiger partial charge is 0.195 e. The fraction of sp³-hybridized carbons (Fsp3) is 0.588. The lowest BCUT2D eigenvalue weighted by atomic mass is 10.2. The van der Waals surface area contributed by atoms with Crippen LogP contribution in [0.15, 0.2) is 23.2 Å². The Morgan fingerprint density at radius 1 is 1.13 bits per heavy atom. The van der Waals surface area contributed by atoms with Gasteiger partial charge in [0.1, 0.15) is 0 Å². The summed E-state index contributed by atoms with van der Waals surface area (Å²) in [4.78, 5) is 4.23. The summed E-state index contributed by atoms with van der Waals surface area (Å²) in [6.45, 7) is 6.97. The number of unbranched alkanes of at least 4 members (excludes halogenated alkanes) is 1. The van der Waals surface area contributed by atoms with Gasteiger partial charge in [0.2, 0.25) is 0 Å². The van der Waals surface area contributed by atoms with Gasteiger partial charge in [0.05, 0.1) is 13.7 Å². The maximum absolute atomic E-state index is 5.58. The number of hydrogen-bond acceptors (Lipinski definition) is 4. The predicted octanol–water partition coefficient (Wildman–Crippen LogP) is 2.90. The number of nitrogens with one attached hydrogen (secondary N) is 2. The Balaban J connectivity index is 2.50. The molecule has 130 valence electrons. The first-order valence-corrected chi connectivity index (χ1v) is 8.11. The molecule has 1 rings (SSSR count). The van der Waals surface area contributed by atoms with Crippen molar-refractivity contribution in [2.45, 2.75) is 26.7 Å². The zero-order valence-electron chi connectivity index (χ0n) is 14.6. The third-order valence-electron chi connectivity index (χ3n) is 3.16. The Hall–Kier alpha value is -1.95. The summed E-state index contributed by atoms with van der Waals surface area (Å²) in [5.41, 5.74) is 0.900. The van der Waals surface area contributed by atoms with Gasteiger partial charge in [-0.25, -0.2) is 0 Å². The van der Waals surface area contributed by atoms with Crippen LogP contribution in [-0.2, 0) is 4.74 Å². The molecule has 6 nitrogen and oxygen atoms in total. The standard InChI is InChI=1S/C17H29N3O3/c1-5-22-12-8-7-11-19-17(18-3)20-14-9-10-15(21-4)16(13-14)23-6-2/h9-10,13H,5-8,11-12H2,1-4H3,(H2,18,19,20). The molecule has 0 spiro atoms. The molecule has 0 aliphatic rings. The molecule has 2 N–H and O–H groups in total. The van der Waals surface area contributed by atoms with E-state index in [2.05, 4.69) is 15.6 Å². The summed E-state index contributed by atoms with van der Waals surface area (Å²) in [5.74, 6) is 2.16. The van der Waals surface area contributed by atoms with E-state index in [1.54, 1.807) is 14.2 Å². The molecular formula is C17H29N3O3. The highest BCUT2D eigenvalue weighted by atomic mass is 16.5. The minimum absolute atomic E-state index is 0.590. The van der Waals surface area contributed by atoms with Gasteiger partial charge in [-0.2, -0.15) is 0 Å². The third-order valence-corrected chi connectivity index (χ3v) is 3.16. The number of anilines is 1. The average Bonchev–Trinajstić information content (AvgIpc) is 2.57. The van der Waals surface area contributed by atoms with Gasteiger partial charge in [-0.3, -0.25) is 4.99 Å². The quantitative estimate of drug-likeness (QED) is 0.394. The van der Waals surface area contributed by atoms with Crippen LogP contribution >= 0.6 is 0 Å².